The van der Waals surface area contributed by atoms with Crippen LogP contribution in [0.3, 0.4) is 0 Å². The van der Waals surface area contributed by atoms with Crippen molar-refractivity contribution in [3.63, 3.8) is 0 Å². The van der Waals surface area contributed by atoms with Crippen molar-refractivity contribution < 1.29 is 0 Å². The molecule has 2 nitrogen and oxygen atoms in total. The molecule has 0 saturated heterocycles. The molecule has 0 fully saturated rings. The molecule has 0 heterocycles. The highest BCUT2D eigenvalue weighted by Gasteiger charge is 2.06. The summed E-state index contributed by atoms with van der Waals surface area (Å²) in [6.07, 6.45) is 7.74. The molecule has 0 aromatic heterocycles. The van der Waals surface area contributed by atoms with Crippen LogP contribution < -0.4 is 0 Å². The maximum Gasteiger partial charge on any atom is 0.0240 e. The summed E-state index contributed by atoms with van der Waals surface area (Å²) in [7, 11) is 0. The lowest BCUT2D eigenvalue weighted by Crippen LogP contribution is -2.24. The summed E-state index contributed by atoms with van der Waals surface area (Å²) >= 11 is 0. The first-order valence-electron chi connectivity index (χ1n) is 7.69. The highest BCUT2D eigenvalue weighted by Crippen LogP contribution is 2.11. The molecule has 1 rings (SSSR count). The Balaban J connectivity index is 2.74. The van der Waals surface area contributed by atoms with E-state index in [0.29, 0.717) is 0 Å². The van der Waals surface area contributed by atoms with E-state index in [1.54, 1.807) is 0 Å². The highest BCUT2D eigenvalue weighted by molar-refractivity contribution is 5.23. The fraction of sp³-hybridized carbons (Fsp3) is 0.300. The number of benzene rings is 1. The monoisotopic (exact) mass is 296 g/mol. The fourth-order valence-electron chi connectivity index (χ4n) is 2.48. The quantitative estimate of drug-likeness (QED) is 0.537. The second kappa shape index (κ2) is 10.8. The van der Waals surface area contributed by atoms with E-state index in [9.17, 15) is 0 Å². The van der Waals surface area contributed by atoms with Crippen molar-refractivity contribution >= 4 is 0 Å². The van der Waals surface area contributed by atoms with Gasteiger partial charge in [0.2, 0.25) is 0 Å². The second-order valence-electron chi connectivity index (χ2n) is 5.36. The Labute approximate surface area is 135 Å². The summed E-state index contributed by atoms with van der Waals surface area (Å²) in [6, 6.07) is 8.76. The van der Waals surface area contributed by atoms with Crippen LogP contribution in [0.4, 0.5) is 0 Å². The van der Waals surface area contributed by atoms with E-state index >= 15 is 0 Å². The third-order valence-corrected chi connectivity index (χ3v) is 3.35. The maximum atomic E-state index is 3.82. The molecule has 1 aromatic carbocycles. The van der Waals surface area contributed by atoms with Crippen molar-refractivity contribution in [1.82, 2.24) is 9.80 Å². The van der Waals surface area contributed by atoms with Crippen molar-refractivity contribution in [2.75, 3.05) is 26.2 Å². The Hall–Kier alpha value is -1.90. The Morgan fingerprint density at radius 1 is 0.682 bits per heavy atom. The van der Waals surface area contributed by atoms with Gasteiger partial charge in [0, 0.05) is 39.3 Å². The molecule has 0 amide bonds. The van der Waals surface area contributed by atoms with Gasteiger partial charge in [-0.15, -0.1) is 26.3 Å². The largest absolute Gasteiger partial charge is 0.292 e. The van der Waals surface area contributed by atoms with Gasteiger partial charge in [-0.1, -0.05) is 48.6 Å². The first-order chi connectivity index (χ1) is 10.7. The summed E-state index contributed by atoms with van der Waals surface area (Å²) < 4.78 is 0. The van der Waals surface area contributed by atoms with Crippen LogP contribution in [-0.2, 0) is 13.1 Å². The van der Waals surface area contributed by atoms with Crippen molar-refractivity contribution in [2.24, 2.45) is 0 Å². The molecule has 0 aliphatic heterocycles. The van der Waals surface area contributed by atoms with E-state index in [1.165, 1.54) is 11.1 Å². The number of nitrogens with zero attached hydrogens (tertiary/aromatic N) is 2. The molecule has 0 N–H and O–H groups in total. The van der Waals surface area contributed by atoms with Crippen molar-refractivity contribution in [2.45, 2.75) is 13.1 Å². The van der Waals surface area contributed by atoms with Crippen LogP contribution in [0.25, 0.3) is 0 Å². The number of rotatable bonds is 12. The summed E-state index contributed by atoms with van der Waals surface area (Å²) in [5, 5.41) is 0. The molecule has 118 valence electrons. The zero-order valence-corrected chi connectivity index (χ0v) is 13.6. The second-order valence-corrected chi connectivity index (χ2v) is 5.36. The van der Waals surface area contributed by atoms with Crippen molar-refractivity contribution in [3.05, 3.63) is 86.0 Å². The Bertz CT molecular complexity index is 429. The van der Waals surface area contributed by atoms with Gasteiger partial charge in [-0.25, -0.2) is 0 Å². The first-order valence-corrected chi connectivity index (χ1v) is 7.69. The van der Waals surface area contributed by atoms with E-state index < -0.39 is 0 Å². The van der Waals surface area contributed by atoms with Crippen molar-refractivity contribution in [1.29, 1.82) is 0 Å². The summed E-state index contributed by atoms with van der Waals surface area (Å²) in [4.78, 5) is 4.62. The lowest BCUT2D eigenvalue weighted by Gasteiger charge is -2.21. The van der Waals surface area contributed by atoms with Crippen LogP contribution in [0.1, 0.15) is 11.1 Å². The minimum Gasteiger partial charge on any atom is -0.292 e. The summed E-state index contributed by atoms with van der Waals surface area (Å²) in [5.74, 6) is 0. The van der Waals surface area contributed by atoms with Gasteiger partial charge in [-0.05, 0) is 11.1 Å². The topological polar surface area (TPSA) is 6.48 Å². The minimum absolute atomic E-state index is 0.870. The zero-order valence-electron chi connectivity index (χ0n) is 13.6. The Kier molecular flexibility index (Phi) is 8.89. The number of hydrogen-bond acceptors (Lipinski definition) is 2. The Morgan fingerprint density at radius 2 is 1.05 bits per heavy atom. The molecule has 0 radical (unpaired) electrons. The molecule has 0 bridgehead atoms. The average Bonchev–Trinajstić information content (AvgIpc) is 2.49. The highest BCUT2D eigenvalue weighted by atomic mass is 15.1. The first kappa shape index (κ1) is 18.1. The van der Waals surface area contributed by atoms with E-state index in [1.807, 2.05) is 24.3 Å². The molecule has 22 heavy (non-hydrogen) atoms. The third-order valence-electron chi connectivity index (χ3n) is 3.35. The molecule has 0 aliphatic rings. The third kappa shape index (κ3) is 6.70. The molecule has 0 saturated carbocycles. The van der Waals surface area contributed by atoms with E-state index in [4.69, 9.17) is 0 Å². The summed E-state index contributed by atoms with van der Waals surface area (Å²) in [5.41, 5.74) is 2.64. The number of hydrogen-bond donors (Lipinski definition) is 0. The van der Waals surface area contributed by atoms with Gasteiger partial charge < -0.3 is 0 Å². The zero-order chi connectivity index (χ0) is 16.2. The van der Waals surface area contributed by atoms with Gasteiger partial charge in [-0.3, -0.25) is 9.80 Å². The predicted molar refractivity (Wildman–Crippen MR) is 97.8 cm³/mol. The van der Waals surface area contributed by atoms with Crippen LogP contribution in [0, 0.1) is 0 Å². The molecule has 0 atom stereocenters. The molecule has 2 heteroatoms. The van der Waals surface area contributed by atoms with Gasteiger partial charge in [0.05, 0.1) is 0 Å². The van der Waals surface area contributed by atoms with Crippen LogP contribution in [0.15, 0.2) is 74.9 Å². The van der Waals surface area contributed by atoms with Crippen LogP contribution in [0.5, 0.6) is 0 Å². The molecule has 1 aromatic rings. The standard InChI is InChI=1S/C20H28N2/c1-5-12-21(13-6-2)17-19-10-9-11-20(16-19)18-22(14-7-3)15-8-4/h5-11,16H,1-4,12-15,17-18H2. The van der Waals surface area contributed by atoms with E-state index in [2.05, 4.69) is 60.4 Å². The average molecular weight is 296 g/mol. The van der Waals surface area contributed by atoms with Gasteiger partial charge in [0.15, 0.2) is 0 Å². The molecular weight excluding hydrogens is 268 g/mol. The van der Waals surface area contributed by atoms with Gasteiger partial charge in [-0.2, -0.15) is 0 Å². The van der Waals surface area contributed by atoms with Crippen molar-refractivity contribution in [3.8, 4) is 0 Å². The van der Waals surface area contributed by atoms with E-state index in [0.717, 1.165) is 39.3 Å². The SMILES string of the molecule is C=CCN(CC=C)Cc1cccc(CN(CC=C)CC=C)c1. The van der Waals surface area contributed by atoms with Gasteiger partial charge in [0.25, 0.3) is 0 Å². The molecular formula is C20H28N2. The summed E-state index contributed by atoms with van der Waals surface area (Å²) in [6.45, 7) is 20.6. The van der Waals surface area contributed by atoms with Crippen LogP contribution in [0.2, 0.25) is 0 Å². The molecule has 0 unspecified atom stereocenters. The predicted octanol–water partition coefficient (Wildman–Crippen LogP) is 4.03. The molecule has 0 aliphatic carbocycles. The van der Waals surface area contributed by atoms with E-state index in [-0.39, 0.29) is 0 Å². The normalized spacial score (nSPS) is 10.6. The van der Waals surface area contributed by atoms with Gasteiger partial charge >= 0.3 is 0 Å². The molecule has 0 spiro atoms. The van der Waals surface area contributed by atoms with Crippen LogP contribution >= 0.6 is 0 Å². The smallest absolute Gasteiger partial charge is 0.0240 e. The maximum absolute atomic E-state index is 3.82. The Morgan fingerprint density at radius 3 is 1.36 bits per heavy atom. The minimum atomic E-state index is 0.870. The van der Waals surface area contributed by atoms with Gasteiger partial charge in [0.1, 0.15) is 0 Å². The lowest BCUT2D eigenvalue weighted by atomic mass is 10.1. The fourth-order valence-corrected chi connectivity index (χ4v) is 2.48. The lowest BCUT2D eigenvalue weighted by molar-refractivity contribution is 0.322. The van der Waals surface area contributed by atoms with Crippen LogP contribution in [-0.4, -0.2) is 36.0 Å².